The minimum atomic E-state index is 0.0673. The Morgan fingerprint density at radius 1 is 1.77 bits per heavy atom. The SMILES string of the molecule is CC1(C)C[C@@H]1C(=O)Nc1csnn1. The van der Waals surface area contributed by atoms with Crippen molar-refractivity contribution < 1.29 is 4.79 Å². The first-order valence-corrected chi connectivity index (χ1v) is 5.01. The number of anilines is 1. The quantitative estimate of drug-likeness (QED) is 0.782. The number of rotatable bonds is 2. The Bertz CT molecular complexity index is 320. The molecule has 1 aliphatic carbocycles. The van der Waals surface area contributed by atoms with Crippen LogP contribution in [0.3, 0.4) is 0 Å². The van der Waals surface area contributed by atoms with E-state index in [1.165, 1.54) is 11.5 Å². The lowest BCUT2D eigenvalue weighted by molar-refractivity contribution is -0.118. The van der Waals surface area contributed by atoms with Crippen LogP contribution in [0.2, 0.25) is 0 Å². The molecule has 4 nitrogen and oxygen atoms in total. The summed E-state index contributed by atoms with van der Waals surface area (Å²) >= 11 is 1.24. The van der Waals surface area contributed by atoms with Crippen LogP contribution in [0.15, 0.2) is 5.38 Å². The first kappa shape index (κ1) is 8.62. The third kappa shape index (κ3) is 1.70. The van der Waals surface area contributed by atoms with Gasteiger partial charge in [0.1, 0.15) is 0 Å². The summed E-state index contributed by atoms with van der Waals surface area (Å²) in [6, 6.07) is 0. The topological polar surface area (TPSA) is 54.9 Å². The van der Waals surface area contributed by atoms with Crippen molar-refractivity contribution in [3.8, 4) is 0 Å². The monoisotopic (exact) mass is 197 g/mol. The molecule has 13 heavy (non-hydrogen) atoms. The molecule has 5 heteroatoms. The lowest BCUT2D eigenvalue weighted by Crippen LogP contribution is -2.16. The molecule has 1 aromatic heterocycles. The highest BCUT2D eigenvalue weighted by atomic mass is 32.1. The summed E-state index contributed by atoms with van der Waals surface area (Å²) in [5.41, 5.74) is 0.174. The molecule has 0 spiro atoms. The molecule has 1 saturated carbocycles. The smallest absolute Gasteiger partial charge is 0.229 e. The predicted octanol–water partition coefficient (Wildman–Crippen LogP) is 1.52. The van der Waals surface area contributed by atoms with Crippen LogP contribution in [-0.4, -0.2) is 15.5 Å². The zero-order valence-corrected chi connectivity index (χ0v) is 8.39. The number of aromatic nitrogens is 2. The van der Waals surface area contributed by atoms with E-state index in [1.54, 1.807) is 5.38 Å². The van der Waals surface area contributed by atoms with Crippen LogP contribution in [0.25, 0.3) is 0 Å². The van der Waals surface area contributed by atoms with Gasteiger partial charge in [-0.25, -0.2) is 0 Å². The molecule has 0 unspecified atom stereocenters. The molecule has 1 aliphatic rings. The molecule has 2 rings (SSSR count). The van der Waals surface area contributed by atoms with Crippen LogP contribution in [0.1, 0.15) is 20.3 Å². The molecular formula is C8H11N3OS. The number of carbonyl (C=O) groups is 1. The highest BCUT2D eigenvalue weighted by molar-refractivity contribution is 7.03. The minimum Gasteiger partial charge on any atom is -0.308 e. The van der Waals surface area contributed by atoms with E-state index >= 15 is 0 Å². The van der Waals surface area contributed by atoms with Gasteiger partial charge in [0.25, 0.3) is 0 Å². The number of nitrogens with zero attached hydrogens (tertiary/aromatic N) is 2. The Morgan fingerprint density at radius 2 is 2.46 bits per heavy atom. The van der Waals surface area contributed by atoms with Gasteiger partial charge in [0.15, 0.2) is 5.82 Å². The van der Waals surface area contributed by atoms with Crippen molar-refractivity contribution >= 4 is 23.3 Å². The molecule has 0 bridgehead atoms. The number of amides is 1. The Balaban J connectivity index is 1.94. The molecule has 0 radical (unpaired) electrons. The summed E-state index contributed by atoms with van der Waals surface area (Å²) < 4.78 is 3.67. The fraction of sp³-hybridized carbons (Fsp3) is 0.625. The van der Waals surface area contributed by atoms with Crippen molar-refractivity contribution in [3.05, 3.63) is 5.38 Å². The van der Waals surface area contributed by atoms with Gasteiger partial charge in [0.2, 0.25) is 5.91 Å². The minimum absolute atomic E-state index is 0.0673. The largest absolute Gasteiger partial charge is 0.308 e. The molecule has 1 N–H and O–H groups in total. The Kier molecular flexibility index (Phi) is 1.83. The van der Waals surface area contributed by atoms with Crippen molar-refractivity contribution in [2.24, 2.45) is 11.3 Å². The molecule has 1 atom stereocenters. The van der Waals surface area contributed by atoms with Crippen molar-refractivity contribution in [1.29, 1.82) is 0 Å². The zero-order valence-electron chi connectivity index (χ0n) is 7.57. The Hall–Kier alpha value is -0.970. The van der Waals surface area contributed by atoms with E-state index in [0.29, 0.717) is 5.82 Å². The number of hydrogen-bond donors (Lipinski definition) is 1. The predicted molar refractivity (Wildman–Crippen MR) is 50.4 cm³/mol. The van der Waals surface area contributed by atoms with Gasteiger partial charge in [0.05, 0.1) is 5.38 Å². The van der Waals surface area contributed by atoms with Crippen LogP contribution in [0.4, 0.5) is 5.82 Å². The first-order valence-electron chi connectivity index (χ1n) is 4.17. The first-order chi connectivity index (χ1) is 6.09. The summed E-state index contributed by atoms with van der Waals surface area (Å²) in [4.78, 5) is 11.5. The second kappa shape index (κ2) is 2.77. The molecular weight excluding hydrogens is 186 g/mol. The van der Waals surface area contributed by atoms with Crippen LogP contribution < -0.4 is 5.32 Å². The average molecular weight is 197 g/mol. The van der Waals surface area contributed by atoms with Gasteiger partial charge in [-0.1, -0.05) is 18.3 Å². The van der Waals surface area contributed by atoms with E-state index in [9.17, 15) is 4.79 Å². The molecule has 0 aromatic carbocycles. The molecule has 1 fully saturated rings. The Morgan fingerprint density at radius 3 is 2.92 bits per heavy atom. The van der Waals surface area contributed by atoms with E-state index in [4.69, 9.17) is 0 Å². The summed E-state index contributed by atoms with van der Waals surface area (Å²) in [6.45, 7) is 4.19. The highest BCUT2D eigenvalue weighted by Crippen LogP contribution is 2.51. The molecule has 1 amide bonds. The highest BCUT2D eigenvalue weighted by Gasteiger charge is 2.50. The molecule has 1 heterocycles. The van der Waals surface area contributed by atoms with E-state index in [1.807, 2.05) is 0 Å². The van der Waals surface area contributed by atoms with Gasteiger partial charge in [-0.05, 0) is 23.4 Å². The van der Waals surface area contributed by atoms with Crippen LogP contribution in [0, 0.1) is 11.3 Å². The summed E-state index contributed by atoms with van der Waals surface area (Å²) in [5.74, 6) is 0.782. The van der Waals surface area contributed by atoms with Crippen molar-refractivity contribution in [3.63, 3.8) is 0 Å². The van der Waals surface area contributed by atoms with Gasteiger partial charge in [-0.15, -0.1) is 5.10 Å². The maximum atomic E-state index is 11.5. The lowest BCUT2D eigenvalue weighted by Gasteiger charge is -2.02. The van der Waals surface area contributed by atoms with Crippen LogP contribution in [-0.2, 0) is 4.79 Å². The van der Waals surface area contributed by atoms with E-state index in [2.05, 4.69) is 28.8 Å². The number of hydrogen-bond acceptors (Lipinski definition) is 4. The maximum Gasteiger partial charge on any atom is 0.229 e. The molecule has 1 aromatic rings. The van der Waals surface area contributed by atoms with Crippen LogP contribution in [0.5, 0.6) is 0 Å². The van der Waals surface area contributed by atoms with Gasteiger partial charge >= 0.3 is 0 Å². The molecule has 0 saturated heterocycles. The second-order valence-electron chi connectivity index (χ2n) is 4.02. The lowest BCUT2D eigenvalue weighted by atomic mass is 10.1. The van der Waals surface area contributed by atoms with Crippen molar-refractivity contribution in [1.82, 2.24) is 9.59 Å². The standard InChI is InChI=1S/C8H11N3OS/c1-8(2)3-5(8)7(12)9-6-4-13-11-10-6/h4-5H,3H2,1-2H3,(H,9,12)/t5-/m1/s1. The average Bonchev–Trinajstić information content (AvgIpc) is 2.49. The third-order valence-corrected chi connectivity index (χ3v) is 2.95. The normalized spacial score (nSPS) is 24.0. The third-order valence-electron chi connectivity index (χ3n) is 2.44. The second-order valence-corrected chi connectivity index (χ2v) is 4.63. The van der Waals surface area contributed by atoms with Crippen molar-refractivity contribution in [2.45, 2.75) is 20.3 Å². The summed E-state index contributed by atoms with van der Waals surface area (Å²) in [7, 11) is 0. The van der Waals surface area contributed by atoms with Gasteiger partial charge in [-0.3, -0.25) is 4.79 Å². The molecule has 0 aliphatic heterocycles. The van der Waals surface area contributed by atoms with Gasteiger partial charge in [-0.2, -0.15) is 0 Å². The van der Waals surface area contributed by atoms with Gasteiger partial charge in [0, 0.05) is 5.92 Å². The fourth-order valence-corrected chi connectivity index (χ4v) is 1.74. The van der Waals surface area contributed by atoms with E-state index in [0.717, 1.165) is 6.42 Å². The number of nitrogens with one attached hydrogen (secondary N) is 1. The zero-order chi connectivity index (χ0) is 9.47. The van der Waals surface area contributed by atoms with Crippen LogP contribution >= 0.6 is 11.5 Å². The maximum absolute atomic E-state index is 11.5. The van der Waals surface area contributed by atoms with Gasteiger partial charge < -0.3 is 5.32 Å². The summed E-state index contributed by atoms with van der Waals surface area (Å²) in [6.07, 6.45) is 0.969. The Labute approximate surface area is 80.5 Å². The fourth-order valence-electron chi connectivity index (χ4n) is 1.35. The number of carbonyl (C=O) groups excluding carboxylic acids is 1. The molecule has 70 valence electrons. The summed E-state index contributed by atoms with van der Waals surface area (Å²) in [5, 5.41) is 8.22. The van der Waals surface area contributed by atoms with E-state index < -0.39 is 0 Å². The van der Waals surface area contributed by atoms with Crippen molar-refractivity contribution in [2.75, 3.05) is 5.32 Å². The van der Waals surface area contributed by atoms with E-state index in [-0.39, 0.29) is 17.2 Å².